The van der Waals surface area contributed by atoms with Crippen molar-refractivity contribution >= 4 is 44.5 Å². The van der Waals surface area contributed by atoms with Crippen LogP contribution in [0.5, 0.6) is 0 Å². The van der Waals surface area contributed by atoms with E-state index in [1.165, 1.54) is 30.6 Å². The molecule has 0 unspecified atom stereocenters. The average Bonchev–Trinajstić information content (AvgIpc) is 3.15. The molecule has 0 spiro atoms. The van der Waals surface area contributed by atoms with E-state index in [0.717, 1.165) is 4.70 Å². The summed E-state index contributed by atoms with van der Waals surface area (Å²) in [6.45, 7) is 5.17. The number of hydrogen-bond acceptors (Lipinski definition) is 6. The fourth-order valence-electron chi connectivity index (χ4n) is 2.85. The minimum atomic E-state index is -0.460. The molecule has 0 atom stereocenters. The Morgan fingerprint density at radius 3 is 2.24 bits per heavy atom. The normalized spacial score (nSPS) is 10.6. The number of rotatable bonds is 6. The van der Waals surface area contributed by atoms with E-state index in [-0.39, 0.29) is 11.8 Å². The number of amides is 2. The monoisotopic (exact) mass is 411 g/mol. The van der Waals surface area contributed by atoms with Crippen molar-refractivity contribution < 1.29 is 19.1 Å². The summed E-state index contributed by atoms with van der Waals surface area (Å²) >= 11 is 1.30. The molecule has 0 bridgehead atoms. The number of anilines is 1. The second-order valence-electron chi connectivity index (χ2n) is 6.20. The predicted octanol–water partition coefficient (Wildman–Crippen LogP) is 3.82. The van der Waals surface area contributed by atoms with Gasteiger partial charge >= 0.3 is 5.97 Å². The van der Waals surface area contributed by atoms with E-state index < -0.39 is 5.97 Å². The first-order valence-electron chi connectivity index (χ1n) is 9.16. The van der Waals surface area contributed by atoms with Crippen molar-refractivity contribution in [1.29, 1.82) is 0 Å². The van der Waals surface area contributed by atoms with Gasteiger partial charge in [-0.05, 0) is 56.3 Å². The van der Waals surface area contributed by atoms with Crippen molar-refractivity contribution in [1.82, 2.24) is 9.88 Å². The Balaban J connectivity index is 1.77. The number of nitrogens with one attached hydrogen (secondary N) is 1. The fraction of sp³-hybridized carbons (Fsp3) is 0.238. The molecule has 0 aliphatic heterocycles. The van der Waals surface area contributed by atoms with Gasteiger partial charge in [0.25, 0.3) is 11.8 Å². The van der Waals surface area contributed by atoms with Gasteiger partial charge < -0.3 is 9.64 Å². The molecular formula is C21H21N3O4S. The molecule has 0 saturated carbocycles. The standard InChI is InChI=1S/C21H21N3O4S/c1-4-24(5-2)19(26)15-10-11-16-17(12-15)29-21(22-16)23-18(25)13-6-8-14(9-7-13)20(27)28-3/h6-12H,4-5H2,1-3H3,(H,22,23,25). The number of carbonyl (C=O) groups excluding carboxylic acids is 3. The first kappa shape index (κ1) is 20.5. The second kappa shape index (κ2) is 8.83. The summed E-state index contributed by atoms with van der Waals surface area (Å²) in [6.07, 6.45) is 0. The number of fused-ring (bicyclic) bond motifs is 1. The van der Waals surface area contributed by atoms with Gasteiger partial charge in [-0.25, -0.2) is 9.78 Å². The van der Waals surface area contributed by atoms with E-state index in [1.54, 1.807) is 35.2 Å². The largest absolute Gasteiger partial charge is 0.465 e. The van der Waals surface area contributed by atoms with Crippen LogP contribution < -0.4 is 5.32 Å². The maximum absolute atomic E-state index is 12.5. The minimum Gasteiger partial charge on any atom is -0.465 e. The number of hydrogen-bond donors (Lipinski definition) is 1. The van der Waals surface area contributed by atoms with Crippen LogP contribution in [0.2, 0.25) is 0 Å². The van der Waals surface area contributed by atoms with Crippen LogP contribution in [0, 0.1) is 0 Å². The fourth-order valence-corrected chi connectivity index (χ4v) is 3.75. The molecule has 0 aliphatic carbocycles. The number of carbonyl (C=O) groups is 3. The number of esters is 1. The molecule has 0 radical (unpaired) electrons. The van der Waals surface area contributed by atoms with Crippen LogP contribution in [0.25, 0.3) is 10.2 Å². The number of benzene rings is 2. The number of methoxy groups -OCH3 is 1. The Morgan fingerprint density at radius 2 is 1.62 bits per heavy atom. The lowest BCUT2D eigenvalue weighted by Gasteiger charge is -2.18. The van der Waals surface area contributed by atoms with Crippen LogP contribution in [0.1, 0.15) is 44.9 Å². The van der Waals surface area contributed by atoms with Crippen molar-refractivity contribution in [3.8, 4) is 0 Å². The maximum Gasteiger partial charge on any atom is 0.337 e. The molecule has 8 heteroatoms. The highest BCUT2D eigenvalue weighted by molar-refractivity contribution is 7.22. The van der Waals surface area contributed by atoms with Crippen LogP contribution in [-0.2, 0) is 4.74 Å². The van der Waals surface area contributed by atoms with Crippen molar-refractivity contribution in [2.45, 2.75) is 13.8 Å². The van der Waals surface area contributed by atoms with Gasteiger partial charge in [0, 0.05) is 24.2 Å². The summed E-state index contributed by atoms with van der Waals surface area (Å²) in [5.41, 5.74) is 2.08. The smallest absolute Gasteiger partial charge is 0.337 e. The first-order chi connectivity index (χ1) is 14.0. The van der Waals surface area contributed by atoms with Gasteiger partial charge in [-0.15, -0.1) is 0 Å². The Labute approximate surface area is 172 Å². The summed E-state index contributed by atoms with van der Waals surface area (Å²) in [5, 5.41) is 3.20. The summed E-state index contributed by atoms with van der Waals surface area (Å²) < 4.78 is 5.47. The summed E-state index contributed by atoms with van der Waals surface area (Å²) in [7, 11) is 1.30. The molecule has 3 aromatic rings. The topological polar surface area (TPSA) is 88.6 Å². The zero-order valence-electron chi connectivity index (χ0n) is 16.4. The highest BCUT2D eigenvalue weighted by Crippen LogP contribution is 2.27. The van der Waals surface area contributed by atoms with E-state index in [9.17, 15) is 14.4 Å². The molecule has 0 aliphatic rings. The van der Waals surface area contributed by atoms with Crippen LogP contribution in [0.3, 0.4) is 0 Å². The van der Waals surface area contributed by atoms with Gasteiger partial charge in [0.15, 0.2) is 5.13 Å². The Morgan fingerprint density at radius 1 is 1.00 bits per heavy atom. The molecule has 150 valence electrons. The van der Waals surface area contributed by atoms with Crippen LogP contribution in [0.4, 0.5) is 5.13 Å². The number of aromatic nitrogens is 1. The summed E-state index contributed by atoms with van der Waals surface area (Å²) in [5.74, 6) is -0.820. The molecule has 7 nitrogen and oxygen atoms in total. The molecule has 2 amide bonds. The van der Waals surface area contributed by atoms with E-state index in [0.29, 0.717) is 40.4 Å². The first-order valence-corrected chi connectivity index (χ1v) is 9.98. The third-order valence-electron chi connectivity index (χ3n) is 4.47. The SMILES string of the molecule is CCN(CC)C(=O)c1ccc2nc(NC(=O)c3ccc(C(=O)OC)cc3)sc2c1. The highest BCUT2D eigenvalue weighted by Gasteiger charge is 2.15. The maximum atomic E-state index is 12.5. The van der Waals surface area contributed by atoms with Gasteiger partial charge in [-0.1, -0.05) is 11.3 Å². The van der Waals surface area contributed by atoms with Crippen LogP contribution >= 0.6 is 11.3 Å². The lowest BCUT2D eigenvalue weighted by atomic mass is 10.1. The van der Waals surface area contributed by atoms with Gasteiger partial charge in [-0.2, -0.15) is 0 Å². The molecule has 0 fully saturated rings. The number of ether oxygens (including phenoxy) is 1. The van der Waals surface area contributed by atoms with Gasteiger partial charge in [-0.3, -0.25) is 14.9 Å². The molecule has 1 aromatic heterocycles. The van der Waals surface area contributed by atoms with Crippen molar-refractivity contribution in [3.05, 3.63) is 59.2 Å². The number of thiazole rings is 1. The van der Waals surface area contributed by atoms with Crippen LogP contribution in [-0.4, -0.2) is 47.9 Å². The molecule has 1 N–H and O–H groups in total. The zero-order chi connectivity index (χ0) is 21.0. The molecule has 0 saturated heterocycles. The zero-order valence-corrected chi connectivity index (χ0v) is 17.2. The van der Waals surface area contributed by atoms with E-state index in [1.807, 2.05) is 13.8 Å². The Hall–Kier alpha value is -3.26. The van der Waals surface area contributed by atoms with E-state index >= 15 is 0 Å². The van der Waals surface area contributed by atoms with Crippen molar-refractivity contribution in [3.63, 3.8) is 0 Å². The lowest BCUT2D eigenvalue weighted by molar-refractivity contribution is 0.0600. The summed E-state index contributed by atoms with van der Waals surface area (Å²) in [4.78, 5) is 42.6. The van der Waals surface area contributed by atoms with E-state index in [2.05, 4.69) is 15.0 Å². The Kier molecular flexibility index (Phi) is 6.23. The Bertz CT molecular complexity index is 1060. The van der Waals surface area contributed by atoms with Gasteiger partial charge in [0.2, 0.25) is 0 Å². The third kappa shape index (κ3) is 4.43. The highest BCUT2D eigenvalue weighted by atomic mass is 32.1. The van der Waals surface area contributed by atoms with Crippen LogP contribution in [0.15, 0.2) is 42.5 Å². The quantitative estimate of drug-likeness (QED) is 0.623. The summed E-state index contributed by atoms with van der Waals surface area (Å²) in [6, 6.07) is 11.5. The second-order valence-corrected chi connectivity index (χ2v) is 7.23. The minimum absolute atomic E-state index is 0.0263. The molecule has 29 heavy (non-hydrogen) atoms. The third-order valence-corrected chi connectivity index (χ3v) is 5.41. The molecular weight excluding hydrogens is 390 g/mol. The molecule has 1 heterocycles. The molecule has 3 rings (SSSR count). The van der Waals surface area contributed by atoms with Gasteiger partial charge in [0.05, 0.1) is 22.9 Å². The molecule has 2 aromatic carbocycles. The lowest BCUT2D eigenvalue weighted by Crippen LogP contribution is -2.30. The van der Waals surface area contributed by atoms with Crippen molar-refractivity contribution in [2.75, 3.05) is 25.5 Å². The number of nitrogens with zero attached hydrogens (tertiary/aromatic N) is 2. The van der Waals surface area contributed by atoms with Gasteiger partial charge in [0.1, 0.15) is 0 Å². The van der Waals surface area contributed by atoms with Crippen molar-refractivity contribution in [2.24, 2.45) is 0 Å². The van der Waals surface area contributed by atoms with E-state index in [4.69, 9.17) is 0 Å². The average molecular weight is 411 g/mol. The predicted molar refractivity (Wildman–Crippen MR) is 113 cm³/mol.